The summed E-state index contributed by atoms with van der Waals surface area (Å²) in [6.45, 7) is 5.62. The van der Waals surface area contributed by atoms with Gasteiger partial charge in [-0.1, -0.05) is 0 Å². The van der Waals surface area contributed by atoms with Gasteiger partial charge in [0.25, 0.3) is 0 Å². The molecule has 1 rings (SSSR count). The van der Waals surface area contributed by atoms with E-state index in [1.54, 1.807) is 12.4 Å². The molecule has 0 aromatic carbocycles. The summed E-state index contributed by atoms with van der Waals surface area (Å²) in [6.07, 6.45) is 3.75. The Balaban J connectivity index is 2.52. The molecular formula is C12H19N3O. The molecule has 0 radical (unpaired) electrons. The van der Waals surface area contributed by atoms with Crippen LogP contribution >= 0.6 is 0 Å². The lowest BCUT2D eigenvalue weighted by Crippen LogP contribution is -2.39. The minimum atomic E-state index is -0.470. The van der Waals surface area contributed by atoms with E-state index in [0.717, 1.165) is 5.56 Å². The molecule has 0 bridgehead atoms. The van der Waals surface area contributed by atoms with E-state index in [2.05, 4.69) is 10.3 Å². The van der Waals surface area contributed by atoms with Crippen molar-refractivity contribution < 1.29 is 4.79 Å². The largest absolute Gasteiger partial charge is 0.350 e. The lowest BCUT2D eigenvalue weighted by Gasteiger charge is -2.20. The highest BCUT2D eigenvalue weighted by Crippen LogP contribution is 2.11. The van der Waals surface area contributed by atoms with Crippen molar-refractivity contribution in [2.75, 3.05) is 0 Å². The zero-order valence-corrected chi connectivity index (χ0v) is 10.0. The summed E-state index contributed by atoms with van der Waals surface area (Å²) in [5, 5.41) is 2.91. The monoisotopic (exact) mass is 221 g/mol. The third-order valence-corrected chi connectivity index (χ3v) is 2.20. The first kappa shape index (κ1) is 12.6. The highest BCUT2D eigenvalue weighted by molar-refractivity contribution is 5.77. The fourth-order valence-electron chi connectivity index (χ4n) is 1.44. The van der Waals surface area contributed by atoms with Gasteiger partial charge in [0.15, 0.2) is 0 Å². The Labute approximate surface area is 96.3 Å². The van der Waals surface area contributed by atoms with Gasteiger partial charge >= 0.3 is 0 Å². The number of carbonyl (C=O) groups excluding carboxylic acids is 1. The second-order valence-corrected chi connectivity index (χ2v) is 4.74. The average molecular weight is 221 g/mol. The molecule has 3 N–H and O–H groups in total. The van der Waals surface area contributed by atoms with Crippen molar-refractivity contribution in [2.45, 2.75) is 38.8 Å². The normalized spacial score (nSPS) is 13.2. The summed E-state index contributed by atoms with van der Waals surface area (Å²) in [5.74, 6) is -0.0307. The maximum Gasteiger partial charge on any atom is 0.222 e. The first-order chi connectivity index (χ1) is 7.38. The number of aromatic nitrogens is 1. The van der Waals surface area contributed by atoms with E-state index in [1.165, 1.54) is 0 Å². The van der Waals surface area contributed by atoms with E-state index in [0.29, 0.717) is 6.42 Å². The number of hydrogen-bond donors (Lipinski definition) is 2. The second-order valence-electron chi connectivity index (χ2n) is 4.74. The highest BCUT2D eigenvalue weighted by Gasteiger charge is 2.17. The van der Waals surface area contributed by atoms with E-state index < -0.39 is 5.54 Å². The van der Waals surface area contributed by atoms with Crippen LogP contribution in [0.1, 0.15) is 38.8 Å². The number of nitrogens with zero attached hydrogens (tertiary/aromatic N) is 1. The number of pyridine rings is 1. The summed E-state index contributed by atoms with van der Waals surface area (Å²) in [6, 6.07) is 3.76. The number of carbonyl (C=O) groups is 1. The van der Waals surface area contributed by atoms with Crippen molar-refractivity contribution in [3.8, 4) is 0 Å². The van der Waals surface area contributed by atoms with Gasteiger partial charge in [-0.3, -0.25) is 9.78 Å². The number of amides is 1. The molecule has 0 aliphatic heterocycles. The fraction of sp³-hybridized carbons (Fsp3) is 0.500. The molecule has 1 heterocycles. The van der Waals surface area contributed by atoms with E-state index in [1.807, 2.05) is 32.9 Å². The standard InChI is InChI=1S/C12H19N3O/c1-9(10-4-6-14-7-5-10)15-11(16)8-12(2,3)13/h4-7,9H,8,13H2,1-3H3,(H,15,16)/t9-/m1/s1. The maximum atomic E-state index is 11.6. The third-order valence-electron chi connectivity index (χ3n) is 2.20. The van der Waals surface area contributed by atoms with Crippen LogP contribution in [0, 0.1) is 0 Å². The van der Waals surface area contributed by atoms with Crippen LogP contribution in [-0.2, 0) is 4.79 Å². The van der Waals surface area contributed by atoms with E-state index in [9.17, 15) is 4.79 Å². The number of hydrogen-bond acceptors (Lipinski definition) is 3. The fourth-order valence-corrected chi connectivity index (χ4v) is 1.44. The topological polar surface area (TPSA) is 68.0 Å². The van der Waals surface area contributed by atoms with Gasteiger partial charge in [0, 0.05) is 24.4 Å². The van der Waals surface area contributed by atoms with Gasteiger partial charge in [0.2, 0.25) is 5.91 Å². The van der Waals surface area contributed by atoms with Gasteiger partial charge in [0.05, 0.1) is 6.04 Å². The summed E-state index contributed by atoms with van der Waals surface area (Å²) < 4.78 is 0. The summed E-state index contributed by atoms with van der Waals surface area (Å²) in [4.78, 5) is 15.6. The predicted octanol–water partition coefficient (Wildman–Crippen LogP) is 1.39. The Hall–Kier alpha value is -1.42. The molecule has 16 heavy (non-hydrogen) atoms. The van der Waals surface area contributed by atoms with E-state index >= 15 is 0 Å². The third kappa shape index (κ3) is 4.40. The van der Waals surface area contributed by atoms with Gasteiger partial charge in [-0.05, 0) is 38.5 Å². The van der Waals surface area contributed by atoms with Crippen LogP contribution in [0.4, 0.5) is 0 Å². The highest BCUT2D eigenvalue weighted by atomic mass is 16.1. The van der Waals surface area contributed by atoms with Crippen molar-refractivity contribution in [3.63, 3.8) is 0 Å². The number of rotatable bonds is 4. The van der Waals surface area contributed by atoms with E-state index in [4.69, 9.17) is 5.73 Å². The van der Waals surface area contributed by atoms with Crippen molar-refractivity contribution in [1.29, 1.82) is 0 Å². The van der Waals surface area contributed by atoms with Crippen molar-refractivity contribution in [1.82, 2.24) is 10.3 Å². The molecule has 0 aliphatic carbocycles. The SMILES string of the molecule is C[C@@H](NC(=O)CC(C)(C)N)c1ccncc1. The first-order valence-corrected chi connectivity index (χ1v) is 5.37. The Bertz CT molecular complexity index is 343. The van der Waals surface area contributed by atoms with Gasteiger partial charge in [-0.2, -0.15) is 0 Å². The van der Waals surface area contributed by atoms with Gasteiger partial charge in [-0.15, -0.1) is 0 Å². The average Bonchev–Trinajstić information content (AvgIpc) is 2.16. The van der Waals surface area contributed by atoms with Crippen molar-refractivity contribution in [3.05, 3.63) is 30.1 Å². The summed E-state index contributed by atoms with van der Waals surface area (Å²) in [7, 11) is 0. The lowest BCUT2D eigenvalue weighted by molar-refractivity contribution is -0.122. The first-order valence-electron chi connectivity index (χ1n) is 5.37. The Morgan fingerprint density at radius 2 is 2.06 bits per heavy atom. The van der Waals surface area contributed by atoms with Gasteiger partial charge in [-0.25, -0.2) is 0 Å². The molecule has 88 valence electrons. The van der Waals surface area contributed by atoms with Crippen LogP contribution in [0.3, 0.4) is 0 Å². The quantitative estimate of drug-likeness (QED) is 0.807. The molecule has 0 spiro atoms. The molecule has 1 aromatic rings. The van der Waals surface area contributed by atoms with Gasteiger partial charge < -0.3 is 11.1 Å². The molecule has 1 atom stereocenters. The maximum absolute atomic E-state index is 11.6. The van der Waals surface area contributed by atoms with Crippen LogP contribution in [-0.4, -0.2) is 16.4 Å². The van der Waals surface area contributed by atoms with E-state index in [-0.39, 0.29) is 11.9 Å². The van der Waals surface area contributed by atoms with Gasteiger partial charge in [0.1, 0.15) is 0 Å². The molecule has 0 fully saturated rings. The van der Waals surface area contributed by atoms with Crippen LogP contribution in [0.5, 0.6) is 0 Å². The molecule has 1 amide bonds. The number of nitrogens with one attached hydrogen (secondary N) is 1. The summed E-state index contributed by atoms with van der Waals surface area (Å²) in [5.41, 5.74) is 6.35. The molecule has 1 aromatic heterocycles. The molecule has 4 nitrogen and oxygen atoms in total. The zero-order chi connectivity index (χ0) is 12.2. The van der Waals surface area contributed by atoms with Crippen LogP contribution in [0.2, 0.25) is 0 Å². The van der Waals surface area contributed by atoms with Crippen molar-refractivity contribution >= 4 is 5.91 Å². The number of nitrogens with two attached hydrogens (primary N) is 1. The summed E-state index contributed by atoms with van der Waals surface area (Å²) >= 11 is 0. The molecular weight excluding hydrogens is 202 g/mol. The Morgan fingerprint density at radius 3 is 2.56 bits per heavy atom. The van der Waals surface area contributed by atoms with Crippen molar-refractivity contribution in [2.24, 2.45) is 5.73 Å². The molecule has 0 aliphatic rings. The molecule has 0 unspecified atom stereocenters. The lowest BCUT2D eigenvalue weighted by atomic mass is 10.0. The molecule has 0 saturated carbocycles. The Kier molecular flexibility index (Phi) is 4.01. The molecule has 0 saturated heterocycles. The second kappa shape index (κ2) is 5.07. The minimum absolute atomic E-state index is 0.0159. The van der Waals surface area contributed by atoms with Crippen LogP contribution < -0.4 is 11.1 Å². The minimum Gasteiger partial charge on any atom is -0.350 e. The predicted molar refractivity (Wildman–Crippen MR) is 63.7 cm³/mol. The Morgan fingerprint density at radius 1 is 1.50 bits per heavy atom. The van der Waals surface area contributed by atoms with Crippen LogP contribution in [0.15, 0.2) is 24.5 Å². The zero-order valence-electron chi connectivity index (χ0n) is 10.0. The molecule has 4 heteroatoms. The smallest absolute Gasteiger partial charge is 0.222 e. The van der Waals surface area contributed by atoms with Crippen LogP contribution in [0.25, 0.3) is 0 Å².